The summed E-state index contributed by atoms with van der Waals surface area (Å²) in [5.41, 5.74) is 6.12. The van der Waals surface area contributed by atoms with E-state index in [-0.39, 0.29) is 73.7 Å². The number of ether oxygens (including phenoxy) is 2. The van der Waals surface area contributed by atoms with Crippen molar-refractivity contribution in [1.29, 1.82) is 0 Å². The number of nitrogens with zero attached hydrogens (tertiary/aromatic N) is 2. The molecule has 14 nitrogen and oxygen atoms in total. The van der Waals surface area contributed by atoms with Gasteiger partial charge in [0.25, 0.3) is 0 Å². The summed E-state index contributed by atoms with van der Waals surface area (Å²) >= 11 is 1.41. The first kappa shape index (κ1) is 39.9. The summed E-state index contributed by atoms with van der Waals surface area (Å²) in [6, 6.07) is -1.15. The number of alkyl halides is 2. The van der Waals surface area contributed by atoms with Crippen molar-refractivity contribution in [2.45, 2.75) is 155 Å². The maximum atomic E-state index is 16.1. The van der Waals surface area contributed by atoms with E-state index in [1.807, 2.05) is 0 Å². The molecule has 12 unspecified atom stereocenters. The number of rotatable bonds is 12. The van der Waals surface area contributed by atoms with Crippen molar-refractivity contribution in [1.82, 2.24) is 31.7 Å². The van der Waals surface area contributed by atoms with E-state index < -0.39 is 54.3 Å². The van der Waals surface area contributed by atoms with E-state index in [2.05, 4.69) is 38.6 Å². The number of sulfone groups is 1. The molecule has 0 aromatic rings. The number of halogens is 2. The fourth-order valence-corrected chi connectivity index (χ4v) is 12.5. The van der Waals surface area contributed by atoms with Crippen molar-refractivity contribution >= 4 is 27.6 Å². The summed E-state index contributed by atoms with van der Waals surface area (Å²) in [6.45, 7) is 6.50. The van der Waals surface area contributed by atoms with Gasteiger partial charge in [-0.2, -0.15) is 0 Å². The lowest BCUT2D eigenvalue weighted by atomic mass is 9.77. The van der Waals surface area contributed by atoms with E-state index in [1.165, 1.54) is 32.7 Å². The molecule has 0 bridgehead atoms. The highest BCUT2D eigenvalue weighted by Crippen LogP contribution is 2.45. The number of carbonyl (C=O) groups is 1. The van der Waals surface area contributed by atoms with Gasteiger partial charge >= 0.3 is 5.97 Å². The monoisotopic (exact) mass is 753 g/mol. The first-order chi connectivity index (χ1) is 23.7. The maximum absolute atomic E-state index is 16.1. The summed E-state index contributed by atoms with van der Waals surface area (Å²) in [5, 5.41) is 20.9. The Morgan fingerprint density at radius 1 is 1.06 bits per heavy atom. The Balaban J connectivity index is 1.25. The zero-order valence-electron chi connectivity index (χ0n) is 29.8. The maximum Gasteiger partial charge on any atom is 0.305 e. The third-order valence-corrected chi connectivity index (χ3v) is 16.3. The molecule has 12 atom stereocenters. The molecule has 5 fully saturated rings. The van der Waals surface area contributed by atoms with Gasteiger partial charge in [-0.05, 0) is 91.1 Å². The molecule has 3 heterocycles. The lowest BCUT2D eigenvalue weighted by molar-refractivity contribution is -0.536. The Kier molecular flexibility index (Phi) is 13.4. The quantitative estimate of drug-likeness (QED) is 0.111. The van der Waals surface area contributed by atoms with Crippen molar-refractivity contribution in [2.75, 3.05) is 27.3 Å². The van der Waals surface area contributed by atoms with Crippen LogP contribution in [0.2, 0.25) is 0 Å². The lowest BCUT2D eigenvalue weighted by Crippen LogP contribution is -2.75. The highest BCUT2D eigenvalue weighted by atomic mass is 32.2. The Bertz CT molecular complexity index is 1280. The predicted molar refractivity (Wildman–Crippen MR) is 187 cm³/mol. The third-order valence-electron chi connectivity index (χ3n) is 11.8. The second-order valence-corrected chi connectivity index (χ2v) is 19.5. The number of hydrogen-bond donors (Lipinski definition) is 5. The summed E-state index contributed by atoms with van der Waals surface area (Å²) in [7, 11) is -0.948. The molecule has 5 aliphatic rings. The van der Waals surface area contributed by atoms with Gasteiger partial charge in [0.05, 0.1) is 35.6 Å². The first-order valence-corrected chi connectivity index (χ1v) is 20.6. The number of nitrogens with one attached hydrogen (secondary N) is 5. The van der Waals surface area contributed by atoms with Crippen LogP contribution in [0.5, 0.6) is 0 Å². The Morgan fingerprint density at radius 3 is 2.38 bits per heavy atom. The standard InChI is InChI=1S/C32H57F2N7O7S2/c1-18-15-25(39-38-18)35-29-28(48-5)30(40-13-11-19(12-14-40)16-26(42)47-4)37-31(36-29)49-24-10-9-20(17-22(24)33)50(45,46)32(2,3)21-7-6-8-23(27(21)34)41(43)44/h18-25,27-31,35-39H,6-17H2,1-5H3. The minimum Gasteiger partial charge on any atom is -0.469 e. The van der Waals surface area contributed by atoms with E-state index in [0.717, 1.165) is 32.4 Å². The normalized spacial score (nSPS) is 39.7. The smallest absolute Gasteiger partial charge is 0.305 e. The minimum atomic E-state index is -4.03. The summed E-state index contributed by atoms with van der Waals surface area (Å²) < 4.78 is 68.8. The second-order valence-electron chi connectivity index (χ2n) is 15.3. The van der Waals surface area contributed by atoms with Gasteiger partial charge in [-0.1, -0.05) is 0 Å². The van der Waals surface area contributed by atoms with Crippen LogP contribution in [0, 0.1) is 22.0 Å². The lowest BCUT2D eigenvalue weighted by Gasteiger charge is -2.50. The van der Waals surface area contributed by atoms with Crippen LogP contribution in [0.4, 0.5) is 8.78 Å². The highest BCUT2D eigenvalue weighted by Gasteiger charge is 2.55. The van der Waals surface area contributed by atoms with Gasteiger partial charge in [0, 0.05) is 42.1 Å². The van der Waals surface area contributed by atoms with Gasteiger partial charge in [-0.15, -0.1) is 11.8 Å². The largest absolute Gasteiger partial charge is 0.469 e. The fourth-order valence-electron chi connectivity index (χ4n) is 8.72. The fraction of sp³-hybridized carbons (Fsp3) is 0.969. The molecule has 0 spiro atoms. The summed E-state index contributed by atoms with van der Waals surface area (Å²) in [6.07, 6.45) is -0.197. The van der Waals surface area contributed by atoms with E-state index >= 15 is 8.78 Å². The molecule has 18 heteroatoms. The molecule has 3 saturated heterocycles. The molecule has 0 amide bonds. The van der Waals surface area contributed by atoms with Crippen LogP contribution in [0.1, 0.15) is 85.0 Å². The van der Waals surface area contributed by atoms with Crippen molar-refractivity contribution < 1.29 is 36.4 Å². The van der Waals surface area contributed by atoms with Gasteiger partial charge in [-0.25, -0.2) is 22.6 Å². The summed E-state index contributed by atoms with van der Waals surface area (Å²) in [5.74, 6) is -0.990. The highest BCUT2D eigenvalue weighted by molar-refractivity contribution is 8.00. The van der Waals surface area contributed by atoms with Crippen LogP contribution in [0.15, 0.2) is 0 Å². The zero-order valence-corrected chi connectivity index (χ0v) is 31.4. The van der Waals surface area contributed by atoms with Crippen LogP contribution in [0.3, 0.4) is 0 Å². The average molecular weight is 754 g/mol. The summed E-state index contributed by atoms with van der Waals surface area (Å²) in [4.78, 5) is 25.0. The molecular weight excluding hydrogens is 697 g/mol. The van der Waals surface area contributed by atoms with Gasteiger partial charge < -0.3 is 9.47 Å². The molecule has 50 heavy (non-hydrogen) atoms. The van der Waals surface area contributed by atoms with Crippen LogP contribution < -0.4 is 26.8 Å². The van der Waals surface area contributed by atoms with Crippen molar-refractivity contribution in [3.05, 3.63) is 10.1 Å². The van der Waals surface area contributed by atoms with Gasteiger partial charge in [0.2, 0.25) is 6.04 Å². The second kappa shape index (κ2) is 16.8. The molecule has 2 aliphatic carbocycles. The molecular formula is C32H57F2N7O7S2. The third kappa shape index (κ3) is 8.75. The van der Waals surface area contributed by atoms with Crippen molar-refractivity contribution in [3.8, 4) is 0 Å². The van der Waals surface area contributed by atoms with Gasteiger partial charge in [-0.3, -0.25) is 41.2 Å². The number of methoxy groups -OCH3 is 2. The van der Waals surface area contributed by atoms with E-state index in [4.69, 9.17) is 9.47 Å². The molecule has 288 valence electrons. The molecule has 0 aromatic heterocycles. The molecule has 3 aliphatic heterocycles. The number of carbonyl (C=O) groups excluding carboxylic acids is 1. The number of piperidine rings is 1. The molecule has 0 aromatic carbocycles. The Labute approximate surface area is 299 Å². The average Bonchev–Trinajstić information content (AvgIpc) is 3.49. The predicted octanol–water partition coefficient (Wildman–Crippen LogP) is 2.18. The minimum absolute atomic E-state index is 0.0259. The van der Waals surface area contributed by atoms with Crippen molar-refractivity contribution in [3.63, 3.8) is 0 Å². The van der Waals surface area contributed by atoms with Crippen LogP contribution in [0.25, 0.3) is 0 Å². The number of thioether (sulfide) groups is 1. The number of hydrazine groups is 1. The Morgan fingerprint density at radius 2 is 1.78 bits per heavy atom. The van der Waals surface area contributed by atoms with E-state index in [1.54, 1.807) is 7.11 Å². The number of nitro groups is 1. The molecule has 5 rings (SSSR count). The SMILES string of the molecule is COC(=O)CC1CCN(C2NC(SC3CCC(S(=O)(=O)C(C)(C)C4CCCC([N+](=O)[O-])C4F)CC3F)NC(NC3CC(C)NN3)C2OC)CC1. The van der Waals surface area contributed by atoms with Crippen LogP contribution in [-0.2, 0) is 24.1 Å². The number of hydrogen-bond acceptors (Lipinski definition) is 14. The number of esters is 1. The van der Waals surface area contributed by atoms with E-state index in [9.17, 15) is 23.3 Å². The number of likely N-dealkylation sites (tertiary alicyclic amines) is 1. The first-order valence-electron chi connectivity index (χ1n) is 18.1. The topological polar surface area (TPSA) is 176 Å². The molecule has 0 radical (unpaired) electrons. The molecule has 2 saturated carbocycles. The molecule has 5 N–H and O–H groups in total. The zero-order chi connectivity index (χ0) is 36.4. The van der Waals surface area contributed by atoms with Gasteiger partial charge in [0.1, 0.15) is 17.8 Å². The Hall–Kier alpha value is -1.25. The van der Waals surface area contributed by atoms with Crippen LogP contribution >= 0.6 is 11.8 Å². The van der Waals surface area contributed by atoms with Crippen LogP contribution in [-0.4, -0.2) is 121 Å². The van der Waals surface area contributed by atoms with Crippen molar-refractivity contribution in [2.24, 2.45) is 11.8 Å². The van der Waals surface area contributed by atoms with Gasteiger partial charge in [0.15, 0.2) is 16.0 Å². The van der Waals surface area contributed by atoms with E-state index in [0.29, 0.717) is 19.3 Å².